The van der Waals surface area contributed by atoms with Crippen LogP contribution < -0.4 is 0 Å². The first-order chi connectivity index (χ1) is 9.12. The molecule has 0 aliphatic heterocycles. The molecule has 1 rings (SSSR count). The molecule has 0 saturated heterocycles. The first-order valence-corrected chi connectivity index (χ1v) is 8.19. The smallest absolute Gasteiger partial charge is 0.0230 e. The lowest BCUT2D eigenvalue weighted by atomic mass is 9.90. The van der Waals surface area contributed by atoms with Crippen LogP contribution in [0.5, 0.6) is 0 Å². The van der Waals surface area contributed by atoms with Crippen LogP contribution in [-0.4, -0.2) is 17.5 Å². The fourth-order valence-electron chi connectivity index (χ4n) is 2.98. The molecule has 1 heteroatoms. The summed E-state index contributed by atoms with van der Waals surface area (Å²) in [7, 11) is 0. The maximum atomic E-state index is 4.37. The zero-order chi connectivity index (χ0) is 15.6. The average Bonchev–Trinajstić information content (AvgIpc) is 2.95. The summed E-state index contributed by atoms with van der Waals surface area (Å²) in [4.78, 5) is 2.53. The van der Waals surface area contributed by atoms with Gasteiger partial charge in [-0.1, -0.05) is 46.4 Å². The molecule has 2 unspecified atom stereocenters. The molecule has 0 N–H and O–H groups in total. The molecule has 2 atom stereocenters. The van der Waals surface area contributed by atoms with Crippen LogP contribution in [0.25, 0.3) is 0 Å². The van der Waals surface area contributed by atoms with Crippen LogP contribution in [0.4, 0.5) is 0 Å². The molecule has 1 fully saturated rings. The standard InChI is InChI=1S/C19H35N/c1-9-10-11-12-19(8)13-17(19)14-20(15(2)3)16(4)18(5,6)7/h9-10,15,17H,4,11-14H2,1-3,5-8H3/b10-9+. The molecule has 0 bridgehead atoms. The van der Waals surface area contributed by atoms with E-state index in [-0.39, 0.29) is 5.41 Å². The van der Waals surface area contributed by atoms with Gasteiger partial charge in [-0.2, -0.15) is 0 Å². The first kappa shape index (κ1) is 17.3. The Morgan fingerprint density at radius 2 is 2.00 bits per heavy atom. The lowest BCUT2D eigenvalue weighted by Crippen LogP contribution is -2.37. The Bertz CT molecular complexity index is 358. The van der Waals surface area contributed by atoms with Gasteiger partial charge in [0.2, 0.25) is 0 Å². The fraction of sp³-hybridized carbons (Fsp3) is 0.789. The highest BCUT2D eigenvalue weighted by atomic mass is 15.2. The van der Waals surface area contributed by atoms with E-state index in [1.54, 1.807) is 0 Å². The third-order valence-electron chi connectivity index (χ3n) is 4.91. The van der Waals surface area contributed by atoms with E-state index >= 15 is 0 Å². The number of hydrogen-bond donors (Lipinski definition) is 0. The van der Waals surface area contributed by atoms with Crippen molar-refractivity contribution in [3.05, 3.63) is 24.4 Å². The van der Waals surface area contributed by atoms with Gasteiger partial charge in [-0.25, -0.2) is 0 Å². The van der Waals surface area contributed by atoms with Gasteiger partial charge in [-0.05, 0) is 51.4 Å². The van der Waals surface area contributed by atoms with Crippen LogP contribution in [0.3, 0.4) is 0 Å². The molecular formula is C19H35N. The Kier molecular flexibility index (Phi) is 5.52. The van der Waals surface area contributed by atoms with Crippen molar-refractivity contribution in [1.29, 1.82) is 0 Å². The van der Waals surface area contributed by atoms with Crippen LogP contribution in [0.2, 0.25) is 0 Å². The van der Waals surface area contributed by atoms with E-state index in [1.165, 1.54) is 31.5 Å². The largest absolute Gasteiger partial charge is 0.372 e. The fourth-order valence-corrected chi connectivity index (χ4v) is 2.98. The van der Waals surface area contributed by atoms with Gasteiger partial charge in [0.1, 0.15) is 0 Å². The van der Waals surface area contributed by atoms with Crippen molar-refractivity contribution in [3.8, 4) is 0 Å². The zero-order valence-electron chi connectivity index (χ0n) is 14.8. The monoisotopic (exact) mass is 277 g/mol. The van der Waals surface area contributed by atoms with Crippen molar-refractivity contribution in [2.24, 2.45) is 16.7 Å². The van der Waals surface area contributed by atoms with Gasteiger partial charge in [0.05, 0.1) is 0 Å². The summed E-state index contributed by atoms with van der Waals surface area (Å²) in [5.41, 5.74) is 2.01. The van der Waals surface area contributed by atoms with Gasteiger partial charge in [0, 0.05) is 23.7 Å². The molecule has 116 valence electrons. The van der Waals surface area contributed by atoms with E-state index < -0.39 is 0 Å². The number of hydrogen-bond acceptors (Lipinski definition) is 1. The Morgan fingerprint density at radius 1 is 1.40 bits per heavy atom. The van der Waals surface area contributed by atoms with Crippen molar-refractivity contribution < 1.29 is 0 Å². The predicted octanol–water partition coefficient (Wildman–Crippen LogP) is 5.64. The Balaban J connectivity index is 2.60. The summed E-state index contributed by atoms with van der Waals surface area (Å²) in [6.45, 7) is 21.5. The van der Waals surface area contributed by atoms with Crippen molar-refractivity contribution in [2.45, 2.75) is 73.8 Å². The van der Waals surface area contributed by atoms with Crippen molar-refractivity contribution in [2.75, 3.05) is 6.54 Å². The van der Waals surface area contributed by atoms with E-state index in [0.717, 1.165) is 5.92 Å². The van der Waals surface area contributed by atoms with Crippen LogP contribution in [0.15, 0.2) is 24.4 Å². The molecular weight excluding hydrogens is 242 g/mol. The van der Waals surface area contributed by atoms with Gasteiger partial charge in [0.15, 0.2) is 0 Å². The predicted molar refractivity (Wildman–Crippen MR) is 90.7 cm³/mol. The maximum absolute atomic E-state index is 4.37. The molecule has 1 aliphatic rings. The molecule has 20 heavy (non-hydrogen) atoms. The summed E-state index contributed by atoms with van der Waals surface area (Å²) < 4.78 is 0. The van der Waals surface area contributed by atoms with Gasteiger partial charge in [-0.15, -0.1) is 0 Å². The third-order valence-corrected chi connectivity index (χ3v) is 4.91. The molecule has 0 radical (unpaired) electrons. The minimum Gasteiger partial charge on any atom is -0.372 e. The molecule has 0 aromatic carbocycles. The highest BCUT2D eigenvalue weighted by Gasteiger charge is 2.49. The molecule has 0 amide bonds. The number of nitrogens with zero attached hydrogens (tertiary/aromatic N) is 1. The molecule has 0 aromatic rings. The second kappa shape index (κ2) is 6.37. The van der Waals surface area contributed by atoms with E-state index in [9.17, 15) is 0 Å². The molecule has 1 aliphatic carbocycles. The summed E-state index contributed by atoms with van der Waals surface area (Å²) in [5, 5.41) is 0. The van der Waals surface area contributed by atoms with Crippen LogP contribution >= 0.6 is 0 Å². The minimum atomic E-state index is 0.167. The lowest BCUT2D eigenvalue weighted by molar-refractivity contribution is 0.207. The Hall–Kier alpha value is -0.720. The van der Waals surface area contributed by atoms with Gasteiger partial charge >= 0.3 is 0 Å². The first-order valence-electron chi connectivity index (χ1n) is 8.19. The second-order valence-corrected chi connectivity index (χ2v) is 8.11. The molecule has 1 saturated carbocycles. The van der Waals surface area contributed by atoms with Crippen molar-refractivity contribution in [1.82, 2.24) is 4.90 Å². The quantitative estimate of drug-likeness (QED) is 0.544. The number of allylic oxidation sites excluding steroid dienone is 3. The zero-order valence-corrected chi connectivity index (χ0v) is 14.8. The average molecular weight is 277 g/mol. The van der Waals surface area contributed by atoms with Crippen LogP contribution in [-0.2, 0) is 0 Å². The summed E-state index contributed by atoms with van der Waals surface area (Å²) in [5.74, 6) is 0.842. The Morgan fingerprint density at radius 3 is 2.45 bits per heavy atom. The van der Waals surface area contributed by atoms with E-state index in [1.807, 2.05) is 0 Å². The van der Waals surface area contributed by atoms with Crippen LogP contribution in [0, 0.1) is 16.7 Å². The lowest BCUT2D eigenvalue weighted by Gasteiger charge is -2.38. The van der Waals surface area contributed by atoms with Crippen molar-refractivity contribution in [3.63, 3.8) is 0 Å². The third kappa shape index (κ3) is 4.40. The van der Waals surface area contributed by atoms with Crippen molar-refractivity contribution >= 4 is 0 Å². The van der Waals surface area contributed by atoms with Gasteiger partial charge < -0.3 is 4.90 Å². The van der Waals surface area contributed by atoms with Gasteiger partial charge in [0.25, 0.3) is 0 Å². The minimum absolute atomic E-state index is 0.167. The van der Waals surface area contributed by atoms with Crippen LogP contribution in [0.1, 0.15) is 67.7 Å². The highest BCUT2D eigenvalue weighted by Crippen LogP contribution is 2.56. The number of rotatable bonds is 7. The normalized spacial score (nSPS) is 26.3. The molecule has 1 nitrogen and oxygen atoms in total. The molecule has 0 heterocycles. The summed E-state index contributed by atoms with van der Waals surface area (Å²) >= 11 is 0. The van der Waals surface area contributed by atoms with E-state index in [0.29, 0.717) is 11.5 Å². The van der Waals surface area contributed by atoms with E-state index in [4.69, 9.17) is 0 Å². The summed E-state index contributed by atoms with van der Waals surface area (Å²) in [6.07, 6.45) is 8.41. The maximum Gasteiger partial charge on any atom is 0.0230 e. The SMILES string of the molecule is C=C(N(CC1CC1(C)CC/C=C/C)C(C)C)C(C)(C)C. The highest BCUT2D eigenvalue weighted by molar-refractivity contribution is 5.09. The molecule has 0 aromatic heterocycles. The van der Waals surface area contributed by atoms with E-state index in [2.05, 4.69) is 72.1 Å². The summed E-state index contributed by atoms with van der Waals surface area (Å²) in [6, 6.07) is 0.544. The molecule has 0 spiro atoms. The topological polar surface area (TPSA) is 3.24 Å². The second-order valence-electron chi connectivity index (χ2n) is 8.11. The van der Waals surface area contributed by atoms with Gasteiger partial charge in [-0.3, -0.25) is 0 Å². The Labute approximate surface area is 127 Å².